The van der Waals surface area contributed by atoms with Crippen molar-refractivity contribution in [2.75, 3.05) is 12.4 Å². The van der Waals surface area contributed by atoms with Crippen LogP contribution in [0.2, 0.25) is 0 Å². The Morgan fingerprint density at radius 3 is 2.67 bits per heavy atom. The molecule has 3 aromatic heterocycles. The molecule has 178 valence electrons. The van der Waals surface area contributed by atoms with Crippen molar-refractivity contribution >= 4 is 28.4 Å². The lowest BCUT2D eigenvalue weighted by atomic mass is 10.2. The van der Waals surface area contributed by atoms with Crippen molar-refractivity contribution < 1.29 is 9.84 Å². The Morgan fingerprint density at radius 2 is 1.94 bits per heavy atom. The van der Waals surface area contributed by atoms with Crippen molar-refractivity contribution in [3.8, 4) is 28.9 Å². The molecule has 5 aromatic rings. The molecule has 3 heterocycles. The Hall–Kier alpha value is -4.62. The highest BCUT2D eigenvalue weighted by Gasteiger charge is 2.19. The van der Waals surface area contributed by atoms with Crippen molar-refractivity contribution in [2.24, 2.45) is 0 Å². The average Bonchev–Trinajstić information content (AvgIpc) is 3.53. The van der Waals surface area contributed by atoms with Crippen LogP contribution in [-0.2, 0) is 0 Å². The maximum atomic E-state index is 10.8. The molecule has 10 heteroatoms. The first-order valence-corrected chi connectivity index (χ1v) is 12.2. The molecule has 0 radical (unpaired) electrons. The number of aromatic amines is 1. The van der Waals surface area contributed by atoms with E-state index in [2.05, 4.69) is 31.2 Å². The van der Waals surface area contributed by atoms with Crippen LogP contribution in [0.5, 0.6) is 5.75 Å². The van der Waals surface area contributed by atoms with Crippen LogP contribution in [0.1, 0.15) is 12.7 Å². The van der Waals surface area contributed by atoms with E-state index in [1.807, 2.05) is 72.2 Å². The monoisotopic (exact) mass is 495 g/mol. The number of aliphatic hydroxyl groups excluding tert-OH is 1. The van der Waals surface area contributed by atoms with Gasteiger partial charge in [-0.15, -0.1) is 10.2 Å². The van der Waals surface area contributed by atoms with Crippen LogP contribution < -0.4 is 4.74 Å². The van der Waals surface area contributed by atoms with Gasteiger partial charge in [0.25, 0.3) is 0 Å². The molecule has 0 fully saturated rings. The largest absolute Gasteiger partial charge is 0.510 e. The normalized spacial score (nSPS) is 11.8. The zero-order chi connectivity index (χ0) is 24.9. The number of para-hydroxylation sites is 2. The van der Waals surface area contributed by atoms with Crippen molar-refractivity contribution in [2.45, 2.75) is 12.1 Å². The number of pyridine rings is 1. The standard InChI is InChI=1S/C26H21N7O2S/c1-2-35-19-11-9-18(10-12-19)33-25(17-6-5-13-28-15-17)31-32-26(33)36-16-23(34)20(14-27)24-29-21-7-3-4-8-22(21)30-24/h3-13,15,34H,2,16H2,1H3,(H,29,30)/b23-20-. The van der Waals surface area contributed by atoms with E-state index in [1.165, 1.54) is 11.8 Å². The summed E-state index contributed by atoms with van der Waals surface area (Å²) in [5.41, 5.74) is 3.21. The molecular formula is C26H21N7O2S. The zero-order valence-corrected chi connectivity index (χ0v) is 20.1. The molecule has 0 unspecified atom stereocenters. The quantitative estimate of drug-likeness (QED) is 0.171. The molecule has 0 aliphatic rings. The van der Waals surface area contributed by atoms with Gasteiger partial charge < -0.3 is 14.8 Å². The summed E-state index contributed by atoms with van der Waals surface area (Å²) in [5.74, 6) is 1.68. The van der Waals surface area contributed by atoms with Crippen LogP contribution in [0, 0.1) is 11.3 Å². The number of imidazole rings is 1. The van der Waals surface area contributed by atoms with Crippen LogP contribution in [0.3, 0.4) is 0 Å². The number of aliphatic hydroxyl groups is 1. The molecule has 0 aliphatic heterocycles. The molecule has 0 spiro atoms. The highest BCUT2D eigenvalue weighted by atomic mass is 32.2. The summed E-state index contributed by atoms with van der Waals surface area (Å²) >= 11 is 1.26. The first kappa shape index (κ1) is 23.1. The van der Waals surface area contributed by atoms with Gasteiger partial charge in [0.05, 0.1) is 23.4 Å². The number of nitriles is 1. The third-order valence-electron chi connectivity index (χ3n) is 5.32. The lowest BCUT2D eigenvalue weighted by molar-refractivity contribution is 0.340. The Kier molecular flexibility index (Phi) is 6.64. The summed E-state index contributed by atoms with van der Waals surface area (Å²) in [4.78, 5) is 11.7. The van der Waals surface area contributed by atoms with E-state index in [9.17, 15) is 10.4 Å². The minimum absolute atomic E-state index is 0.0818. The molecule has 2 N–H and O–H groups in total. The van der Waals surface area contributed by atoms with E-state index in [0.29, 0.717) is 23.4 Å². The van der Waals surface area contributed by atoms with Gasteiger partial charge in [-0.05, 0) is 55.5 Å². The molecule has 0 aliphatic carbocycles. The number of thioether (sulfide) groups is 1. The van der Waals surface area contributed by atoms with Crippen LogP contribution >= 0.6 is 11.8 Å². The second-order valence-electron chi connectivity index (χ2n) is 7.63. The van der Waals surface area contributed by atoms with E-state index in [0.717, 1.165) is 28.0 Å². The molecule has 9 nitrogen and oxygen atoms in total. The summed E-state index contributed by atoms with van der Waals surface area (Å²) in [6.07, 6.45) is 3.41. The fourth-order valence-corrected chi connectivity index (χ4v) is 4.50. The number of fused-ring (bicyclic) bond motifs is 1. The summed E-state index contributed by atoms with van der Waals surface area (Å²) in [6.45, 7) is 2.51. The number of nitrogens with zero attached hydrogens (tertiary/aromatic N) is 6. The number of allylic oxidation sites excluding steroid dienone is 1. The molecule has 5 rings (SSSR count). The maximum Gasteiger partial charge on any atom is 0.196 e. The summed E-state index contributed by atoms with van der Waals surface area (Å²) in [7, 11) is 0. The number of hydrogen-bond acceptors (Lipinski definition) is 8. The predicted molar refractivity (Wildman–Crippen MR) is 138 cm³/mol. The number of benzene rings is 2. The van der Waals surface area contributed by atoms with Gasteiger partial charge in [0.2, 0.25) is 0 Å². The average molecular weight is 496 g/mol. The van der Waals surface area contributed by atoms with Crippen molar-refractivity contribution in [1.29, 1.82) is 5.26 Å². The van der Waals surface area contributed by atoms with Crippen LogP contribution in [0.4, 0.5) is 0 Å². The lowest BCUT2D eigenvalue weighted by Gasteiger charge is -2.11. The van der Waals surface area contributed by atoms with E-state index < -0.39 is 0 Å². The Labute approximate surface area is 211 Å². The summed E-state index contributed by atoms with van der Waals surface area (Å²) in [5, 5.41) is 29.9. The number of hydrogen-bond donors (Lipinski definition) is 2. The number of H-pyrrole nitrogens is 1. The van der Waals surface area contributed by atoms with Crippen molar-refractivity contribution in [3.05, 3.63) is 84.6 Å². The highest BCUT2D eigenvalue weighted by Crippen LogP contribution is 2.30. The lowest BCUT2D eigenvalue weighted by Crippen LogP contribution is -2.02. The topological polar surface area (TPSA) is 126 Å². The van der Waals surface area contributed by atoms with Crippen LogP contribution in [0.15, 0.2) is 84.0 Å². The molecule has 0 saturated carbocycles. The number of rotatable bonds is 8. The molecule has 0 bridgehead atoms. The Morgan fingerprint density at radius 1 is 1.11 bits per heavy atom. The smallest absolute Gasteiger partial charge is 0.196 e. The summed E-state index contributed by atoms with van der Waals surface area (Å²) in [6, 6.07) is 20.9. The maximum absolute atomic E-state index is 10.8. The van der Waals surface area contributed by atoms with E-state index in [-0.39, 0.29) is 17.1 Å². The number of nitrogens with one attached hydrogen (secondary N) is 1. The molecule has 36 heavy (non-hydrogen) atoms. The molecule has 0 amide bonds. The summed E-state index contributed by atoms with van der Waals surface area (Å²) < 4.78 is 7.46. The molecular weight excluding hydrogens is 474 g/mol. The first-order valence-electron chi connectivity index (χ1n) is 11.2. The Balaban J connectivity index is 1.48. The van der Waals surface area contributed by atoms with Crippen molar-refractivity contribution in [3.63, 3.8) is 0 Å². The second-order valence-corrected chi connectivity index (χ2v) is 8.58. The molecule has 0 saturated heterocycles. The Bertz CT molecular complexity index is 1530. The van der Waals surface area contributed by atoms with Crippen molar-refractivity contribution in [1.82, 2.24) is 29.7 Å². The molecule has 0 atom stereocenters. The van der Waals surface area contributed by atoms with Gasteiger partial charge in [0.1, 0.15) is 23.2 Å². The van der Waals surface area contributed by atoms with Crippen LogP contribution in [-0.4, -0.2) is 47.2 Å². The molecule has 2 aromatic carbocycles. The van der Waals surface area contributed by atoms with Gasteiger partial charge in [-0.1, -0.05) is 23.9 Å². The van der Waals surface area contributed by atoms with Crippen LogP contribution in [0.25, 0.3) is 33.7 Å². The first-order chi connectivity index (χ1) is 17.7. The van der Waals surface area contributed by atoms with E-state index >= 15 is 0 Å². The van der Waals surface area contributed by atoms with Gasteiger partial charge in [0.15, 0.2) is 16.8 Å². The van der Waals surface area contributed by atoms with Gasteiger partial charge in [-0.3, -0.25) is 9.55 Å². The third-order valence-corrected chi connectivity index (χ3v) is 6.26. The third kappa shape index (κ3) is 4.64. The second kappa shape index (κ2) is 10.3. The minimum atomic E-state index is -0.106. The number of aromatic nitrogens is 6. The van der Waals surface area contributed by atoms with Gasteiger partial charge in [0, 0.05) is 23.6 Å². The zero-order valence-electron chi connectivity index (χ0n) is 19.3. The minimum Gasteiger partial charge on any atom is -0.510 e. The van der Waals surface area contributed by atoms with Gasteiger partial charge in [-0.2, -0.15) is 5.26 Å². The SMILES string of the molecule is CCOc1ccc(-n2c(SC/C(O)=C(\C#N)c3nc4ccccc4[nH]3)nnc2-c2cccnc2)cc1. The number of ether oxygens (including phenoxy) is 1. The predicted octanol–water partition coefficient (Wildman–Crippen LogP) is 5.19. The van der Waals surface area contributed by atoms with E-state index in [1.54, 1.807) is 12.4 Å². The fraction of sp³-hybridized carbons (Fsp3) is 0.115. The fourth-order valence-electron chi connectivity index (χ4n) is 3.67. The highest BCUT2D eigenvalue weighted by molar-refractivity contribution is 7.99. The van der Waals surface area contributed by atoms with Gasteiger partial charge in [-0.25, -0.2) is 4.98 Å². The van der Waals surface area contributed by atoms with E-state index in [4.69, 9.17) is 4.74 Å². The van der Waals surface area contributed by atoms with Gasteiger partial charge >= 0.3 is 0 Å².